The van der Waals surface area contributed by atoms with Gasteiger partial charge in [0.1, 0.15) is 0 Å². The Balaban J connectivity index is 1.63. The van der Waals surface area contributed by atoms with E-state index in [1.54, 1.807) is 4.68 Å². The molecule has 3 heterocycles. The van der Waals surface area contributed by atoms with Crippen LogP contribution in [0.2, 0.25) is 0 Å². The number of amides is 1. The summed E-state index contributed by atoms with van der Waals surface area (Å²) in [5, 5.41) is 7.66. The van der Waals surface area contributed by atoms with Crippen LogP contribution in [-0.2, 0) is 11.8 Å². The molecule has 0 aliphatic carbocycles. The van der Waals surface area contributed by atoms with Gasteiger partial charge in [-0.15, -0.1) is 0 Å². The lowest BCUT2D eigenvalue weighted by Crippen LogP contribution is -2.46. The van der Waals surface area contributed by atoms with Gasteiger partial charge >= 0.3 is 0 Å². The van der Waals surface area contributed by atoms with Crippen molar-refractivity contribution in [2.24, 2.45) is 13.0 Å². The minimum Gasteiger partial charge on any atom is -0.371 e. The number of nitrogens with one attached hydrogen (secondary N) is 1. The first kappa shape index (κ1) is 15.2. The van der Waals surface area contributed by atoms with Gasteiger partial charge in [-0.2, -0.15) is 5.10 Å². The van der Waals surface area contributed by atoms with Crippen LogP contribution in [0, 0.1) is 5.92 Å². The van der Waals surface area contributed by atoms with E-state index in [1.807, 2.05) is 42.5 Å². The molecule has 0 radical (unpaired) electrons. The van der Waals surface area contributed by atoms with Gasteiger partial charge in [0.2, 0.25) is 5.91 Å². The van der Waals surface area contributed by atoms with Crippen LogP contribution in [0.5, 0.6) is 0 Å². The molecule has 0 bridgehead atoms. The summed E-state index contributed by atoms with van der Waals surface area (Å²) in [5.74, 6) is 0.373. The summed E-state index contributed by atoms with van der Waals surface area (Å²) >= 11 is 0. The average Bonchev–Trinajstić information content (AvgIpc) is 3.23. The molecule has 2 atom stereocenters. The highest BCUT2D eigenvalue weighted by Gasteiger charge is 2.38. The lowest BCUT2D eigenvalue weighted by Gasteiger charge is -2.37. The monoisotopic (exact) mass is 325 g/mol. The van der Waals surface area contributed by atoms with Crippen LogP contribution in [-0.4, -0.2) is 48.9 Å². The molecule has 1 fully saturated rings. The molecule has 0 spiro atoms. The Morgan fingerprint density at radius 3 is 2.71 bits per heavy atom. The van der Waals surface area contributed by atoms with Crippen molar-refractivity contribution in [1.29, 1.82) is 0 Å². The van der Waals surface area contributed by atoms with E-state index in [0.717, 1.165) is 43.1 Å². The van der Waals surface area contributed by atoms with Crippen molar-refractivity contribution in [2.75, 3.05) is 43.0 Å². The number of aromatic nitrogens is 2. The van der Waals surface area contributed by atoms with Crippen LogP contribution in [0.1, 0.15) is 11.5 Å². The molecule has 126 valence electrons. The van der Waals surface area contributed by atoms with E-state index in [2.05, 4.69) is 28.4 Å². The number of carbonyl (C=O) groups is 1. The number of anilines is 2. The smallest absolute Gasteiger partial charge is 0.232 e. The Morgan fingerprint density at radius 1 is 1.17 bits per heavy atom. The first-order chi connectivity index (χ1) is 11.6. The van der Waals surface area contributed by atoms with Gasteiger partial charge in [-0.05, 0) is 17.7 Å². The fourth-order valence-electron chi connectivity index (χ4n) is 3.86. The molecule has 1 amide bonds. The summed E-state index contributed by atoms with van der Waals surface area (Å²) in [5.41, 5.74) is 3.29. The van der Waals surface area contributed by atoms with Crippen molar-refractivity contribution in [3.05, 3.63) is 42.2 Å². The maximum Gasteiger partial charge on any atom is 0.232 e. The quantitative estimate of drug-likeness (QED) is 0.902. The summed E-state index contributed by atoms with van der Waals surface area (Å²) in [6.07, 6.45) is 3.91. The van der Waals surface area contributed by atoms with E-state index < -0.39 is 0 Å². The van der Waals surface area contributed by atoms with Crippen LogP contribution in [0.3, 0.4) is 0 Å². The van der Waals surface area contributed by atoms with Gasteiger partial charge in [0.05, 0.1) is 23.5 Å². The number of aryl methyl sites for hydroxylation is 1. The van der Waals surface area contributed by atoms with E-state index in [-0.39, 0.29) is 17.7 Å². The fourth-order valence-corrected chi connectivity index (χ4v) is 3.86. The van der Waals surface area contributed by atoms with Gasteiger partial charge in [-0.25, -0.2) is 0 Å². The minimum atomic E-state index is -0.0364. The molecule has 24 heavy (non-hydrogen) atoms. The molecule has 0 unspecified atom stereocenters. The van der Waals surface area contributed by atoms with Gasteiger partial charge in [0.15, 0.2) is 0 Å². The molecule has 2 aliphatic heterocycles. The molecule has 6 heteroatoms. The summed E-state index contributed by atoms with van der Waals surface area (Å²) in [6.45, 7) is 3.16. The van der Waals surface area contributed by atoms with Crippen molar-refractivity contribution < 1.29 is 4.79 Å². The topological polar surface area (TPSA) is 53.4 Å². The molecule has 4 rings (SSSR count). The minimum absolute atomic E-state index is 0.0364. The van der Waals surface area contributed by atoms with Gasteiger partial charge in [-0.1, -0.05) is 12.1 Å². The second-order valence-electron chi connectivity index (χ2n) is 6.72. The number of hydrogen-bond donors (Lipinski definition) is 1. The number of fused-ring (bicyclic) bond motifs is 1. The third-order valence-electron chi connectivity index (χ3n) is 5.19. The summed E-state index contributed by atoms with van der Waals surface area (Å²) in [6, 6.07) is 8.16. The Hall–Kier alpha value is -2.34. The van der Waals surface area contributed by atoms with Crippen LogP contribution < -0.4 is 15.1 Å². The molecule has 6 nitrogen and oxygen atoms in total. The lowest BCUT2D eigenvalue weighted by atomic mass is 9.89. The number of para-hydroxylation sites is 2. The van der Waals surface area contributed by atoms with Crippen molar-refractivity contribution >= 4 is 17.3 Å². The number of carbonyl (C=O) groups excluding carboxylic acids is 1. The Morgan fingerprint density at radius 2 is 1.96 bits per heavy atom. The Labute approximate surface area is 142 Å². The standard InChI is InChI=1S/C18H23N5O/c1-21-7-8-23(17-6-4-3-5-16(17)21)18(24)15-11-19-10-14(15)13-9-20-22(2)12-13/h3-6,9,12,14-15,19H,7-8,10-11H2,1-2H3/t14-,15+/m1/s1. The van der Waals surface area contributed by atoms with Gasteiger partial charge in [-0.3, -0.25) is 9.48 Å². The number of hydrogen-bond acceptors (Lipinski definition) is 4. The SMILES string of the molecule is CN1CCN(C(=O)[C@H]2CNC[C@@H]2c2cnn(C)c2)c2ccccc21. The highest BCUT2D eigenvalue weighted by Crippen LogP contribution is 2.36. The first-order valence-electron chi connectivity index (χ1n) is 8.46. The maximum atomic E-state index is 13.3. The largest absolute Gasteiger partial charge is 0.371 e. The molecule has 1 saturated heterocycles. The van der Waals surface area contributed by atoms with Gasteiger partial charge < -0.3 is 15.1 Å². The zero-order chi connectivity index (χ0) is 16.7. The summed E-state index contributed by atoms with van der Waals surface area (Å²) in [4.78, 5) is 17.5. The predicted molar refractivity (Wildman–Crippen MR) is 94.4 cm³/mol. The first-order valence-corrected chi connectivity index (χ1v) is 8.46. The Bertz CT molecular complexity index is 755. The van der Waals surface area contributed by atoms with Crippen molar-refractivity contribution in [3.63, 3.8) is 0 Å². The average molecular weight is 325 g/mol. The molecular formula is C18H23N5O. The number of likely N-dealkylation sites (N-methyl/N-ethyl adjacent to an activating group) is 1. The highest BCUT2D eigenvalue weighted by molar-refractivity contribution is 5.99. The van der Waals surface area contributed by atoms with Gasteiger partial charge in [0.25, 0.3) is 0 Å². The van der Waals surface area contributed by atoms with Crippen molar-refractivity contribution in [2.45, 2.75) is 5.92 Å². The van der Waals surface area contributed by atoms with E-state index in [0.29, 0.717) is 0 Å². The predicted octanol–water partition coefficient (Wildman–Crippen LogP) is 1.21. The highest BCUT2D eigenvalue weighted by atomic mass is 16.2. The summed E-state index contributed by atoms with van der Waals surface area (Å²) < 4.78 is 1.81. The number of rotatable bonds is 2. The second-order valence-corrected chi connectivity index (χ2v) is 6.72. The number of benzene rings is 1. The maximum absolute atomic E-state index is 13.3. The van der Waals surface area contributed by atoms with Crippen molar-refractivity contribution in [1.82, 2.24) is 15.1 Å². The molecule has 2 aliphatic rings. The fraction of sp³-hybridized carbons (Fsp3) is 0.444. The lowest BCUT2D eigenvalue weighted by molar-refractivity contribution is -0.122. The van der Waals surface area contributed by atoms with Crippen LogP contribution in [0.4, 0.5) is 11.4 Å². The third-order valence-corrected chi connectivity index (χ3v) is 5.19. The van der Waals surface area contributed by atoms with E-state index >= 15 is 0 Å². The van der Waals surface area contributed by atoms with Gasteiger partial charge in [0, 0.05) is 52.4 Å². The molecule has 2 aromatic rings. The van der Waals surface area contributed by atoms with Crippen molar-refractivity contribution in [3.8, 4) is 0 Å². The molecule has 1 aromatic heterocycles. The molecule has 0 saturated carbocycles. The molecular weight excluding hydrogens is 302 g/mol. The number of nitrogens with zero attached hydrogens (tertiary/aromatic N) is 4. The van der Waals surface area contributed by atoms with Crippen LogP contribution in [0.15, 0.2) is 36.7 Å². The third kappa shape index (κ3) is 2.47. The molecule has 1 aromatic carbocycles. The van der Waals surface area contributed by atoms with Crippen LogP contribution >= 0.6 is 0 Å². The van der Waals surface area contributed by atoms with E-state index in [4.69, 9.17) is 0 Å². The van der Waals surface area contributed by atoms with Crippen LogP contribution in [0.25, 0.3) is 0 Å². The zero-order valence-electron chi connectivity index (χ0n) is 14.1. The van der Waals surface area contributed by atoms with E-state index in [9.17, 15) is 4.79 Å². The summed E-state index contributed by atoms with van der Waals surface area (Å²) in [7, 11) is 4.00. The molecule has 1 N–H and O–H groups in total. The Kier molecular flexibility index (Phi) is 3.76. The van der Waals surface area contributed by atoms with E-state index in [1.165, 1.54) is 0 Å². The normalized spacial score (nSPS) is 23.4. The zero-order valence-corrected chi connectivity index (χ0v) is 14.1. The second kappa shape index (κ2) is 5.94.